The van der Waals surface area contributed by atoms with Gasteiger partial charge in [0, 0.05) is 6.20 Å². The van der Waals surface area contributed by atoms with Gasteiger partial charge in [0.15, 0.2) is -0.565 Å². The van der Waals surface area contributed by atoms with Crippen molar-refractivity contribution >= 4 is 67.8 Å². The number of halogens is 3. The highest BCUT2D eigenvalue weighted by atomic mass is 127. The molecular weight excluding hydrogens is 517 g/mol. The first-order valence-electron chi connectivity index (χ1n) is 4.23. The van der Waals surface area contributed by atoms with Gasteiger partial charge in [-0.2, -0.15) is 0 Å². The molecule has 0 amide bonds. The van der Waals surface area contributed by atoms with E-state index in [1.54, 1.807) is 0 Å². The molecule has 0 bridgehead atoms. The van der Waals surface area contributed by atoms with E-state index in [-0.39, 0.29) is -0.565 Å². The maximum Gasteiger partial charge on any atom is 0.167 e. The summed E-state index contributed by atoms with van der Waals surface area (Å²) in [6, 6.07) is 0. The monoisotopic (exact) mass is 528 g/mol. The highest BCUT2D eigenvalue weighted by Crippen LogP contribution is 2.46. The Bertz CT molecular complexity index is 331. The van der Waals surface area contributed by atoms with Crippen LogP contribution in [-0.2, 0) is -0.565 Å². The van der Waals surface area contributed by atoms with Crippen LogP contribution in [0.25, 0.3) is 0 Å². The van der Waals surface area contributed by atoms with E-state index in [4.69, 9.17) is 0 Å². The summed E-state index contributed by atoms with van der Waals surface area (Å²) < 4.78 is -0.00637. The van der Waals surface area contributed by atoms with Gasteiger partial charge in [-0.3, -0.25) is 9.97 Å². The van der Waals surface area contributed by atoms with Gasteiger partial charge in [0.2, 0.25) is 0 Å². The van der Waals surface area contributed by atoms with E-state index in [2.05, 4.69) is 91.6 Å². The molecule has 0 spiro atoms. The first-order valence-corrected chi connectivity index (χ1v) is 7.46. The highest BCUT2D eigenvalue weighted by Gasteiger charge is 2.27. The van der Waals surface area contributed by atoms with Crippen molar-refractivity contribution in [3.8, 4) is 0 Å². The second-order valence-electron chi connectivity index (χ2n) is 3.40. The van der Waals surface area contributed by atoms with Crippen molar-refractivity contribution in [2.45, 2.75) is 26.1 Å². The van der Waals surface area contributed by atoms with Crippen LogP contribution < -0.4 is 0 Å². The van der Waals surface area contributed by atoms with Crippen molar-refractivity contribution in [1.29, 1.82) is 0 Å². The van der Waals surface area contributed by atoms with Crippen molar-refractivity contribution in [2.24, 2.45) is 0 Å². The number of hydrogen-bond donors (Lipinski definition) is 0. The smallest absolute Gasteiger partial charge is 0.167 e. The summed E-state index contributed by atoms with van der Waals surface area (Å²) in [7, 11) is 0. The Morgan fingerprint density at radius 3 is 2.29 bits per heavy atom. The maximum atomic E-state index is 4.56. The normalized spacial score (nSPS) is 12.2. The minimum atomic E-state index is -0.00637. The van der Waals surface area contributed by atoms with Crippen molar-refractivity contribution in [2.75, 3.05) is 0 Å². The molecule has 0 aliphatic heterocycles. The van der Waals surface area contributed by atoms with E-state index in [0.29, 0.717) is 5.92 Å². The fraction of sp³-hybridized carbons (Fsp3) is 0.556. The fourth-order valence-electron chi connectivity index (χ4n) is 1.12. The molecule has 14 heavy (non-hydrogen) atoms. The van der Waals surface area contributed by atoms with E-state index in [0.717, 1.165) is 17.1 Å². The molecule has 5 heteroatoms. The predicted molar refractivity (Wildman–Crippen MR) is 84.6 cm³/mol. The summed E-state index contributed by atoms with van der Waals surface area (Å²) in [6.45, 7) is 6.29. The van der Waals surface area contributed by atoms with Crippen molar-refractivity contribution in [1.82, 2.24) is 9.97 Å². The zero-order valence-electron chi connectivity index (χ0n) is 8.18. The Labute approximate surface area is 125 Å². The van der Waals surface area contributed by atoms with Crippen LogP contribution in [-0.4, -0.2) is 9.97 Å². The molecule has 0 unspecified atom stereocenters. The number of aromatic nitrogens is 2. The van der Waals surface area contributed by atoms with E-state index < -0.39 is 0 Å². The van der Waals surface area contributed by atoms with Gasteiger partial charge in [0.1, 0.15) is 0 Å². The topological polar surface area (TPSA) is 25.8 Å². The molecule has 0 aliphatic carbocycles. The Morgan fingerprint density at radius 1 is 1.29 bits per heavy atom. The molecule has 78 valence electrons. The molecule has 0 saturated heterocycles. The molecule has 0 N–H and O–H groups in total. The standard InChI is InChI=1S/C9H11I3N2/c1-5(2)7-8(9(10,11)12)13-4-6(3)14-7/h4-5H,1-3H3. The second-order valence-corrected chi connectivity index (χ2v) is 14.4. The lowest BCUT2D eigenvalue weighted by Crippen LogP contribution is -2.10. The summed E-state index contributed by atoms with van der Waals surface area (Å²) in [4.78, 5) is 9.05. The van der Waals surface area contributed by atoms with Crippen LogP contribution in [0, 0.1) is 6.92 Å². The molecule has 0 aliphatic rings. The Kier molecular flexibility index (Phi) is 4.83. The zero-order valence-corrected chi connectivity index (χ0v) is 14.7. The first-order chi connectivity index (χ1) is 6.32. The van der Waals surface area contributed by atoms with Crippen LogP contribution in [0.2, 0.25) is 0 Å². The predicted octanol–water partition coefficient (Wildman–Crippen LogP) is 4.32. The molecule has 0 atom stereocenters. The van der Waals surface area contributed by atoms with Crippen molar-refractivity contribution in [3.63, 3.8) is 0 Å². The third-order valence-electron chi connectivity index (χ3n) is 1.74. The average Bonchev–Trinajstić information content (AvgIpc) is 2.01. The third kappa shape index (κ3) is 3.39. The van der Waals surface area contributed by atoms with Gasteiger partial charge in [0.05, 0.1) is 17.1 Å². The summed E-state index contributed by atoms with van der Waals surface area (Å²) in [5.74, 6) is 0.427. The van der Waals surface area contributed by atoms with E-state index in [1.165, 1.54) is 0 Å². The molecule has 1 aromatic rings. The SMILES string of the molecule is Cc1cnc(C(I)(I)I)c(C(C)C)n1. The molecule has 0 saturated carbocycles. The van der Waals surface area contributed by atoms with Crippen LogP contribution in [0.5, 0.6) is 0 Å². The van der Waals surface area contributed by atoms with E-state index in [9.17, 15) is 0 Å². The van der Waals surface area contributed by atoms with Gasteiger partial charge < -0.3 is 0 Å². The Hall–Kier alpha value is 1.27. The molecule has 1 rings (SSSR count). The number of aryl methyl sites for hydroxylation is 1. The first kappa shape index (κ1) is 13.3. The van der Waals surface area contributed by atoms with Gasteiger partial charge in [-0.1, -0.05) is 13.8 Å². The zero-order chi connectivity index (χ0) is 10.9. The van der Waals surface area contributed by atoms with Crippen molar-refractivity contribution in [3.05, 3.63) is 23.3 Å². The largest absolute Gasteiger partial charge is 0.254 e. The Morgan fingerprint density at radius 2 is 1.86 bits per heavy atom. The lowest BCUT2D eigenvalue weighted by atomic mass is 10.1. The van der Waals surface area contributed by atoms with Gasteiger partial charge in [-0.25, -0.2) is 0 Å². The number of rotatable bonds is 2. The van der Waals surface area contributed by atoms with E-state index >= 15 is 0 Å². The minimum Gasteiger partial charge on any atom is -0.254 e. The number of nitrogens with zero attached hydrogens (tertiary/aromatic N) is 2. The second kappa shape index (κ2) is 5.07. The fourth-order valence-corrected chi connectivity index (χ4v) is 2.36. The minimum absolute atomic E-state index is 0.00637. The summed E-state index contributed by atoms with van der Waals surface area (Å²) in [5.41, 5.74) is 3.19. The van der Waals surface area contributed by atoms with Crippen LogP contribution in [0.3, 0.4) is 0 Å². The molecule has 1 heterocycles. The Balaban J connectivity index is 3.29. The third-order valence-corrected chi connectivity index (χ3v) is 3.27. The lowest BCUT2D eigenvalue weighted by molar-refractivity contribution is 0.784. The van der Waals surface area contributed by atoms with Gasteiger partial charge in [0.25, 0.3) is 0 Å². The molecule has 2 nitrogen and oxygen atoms in total. The molecule has 0 radical (unpaired) electrons. The van der Waals surface area contributed by atoms with Gasteiger partial charge in [-0.15, -0.1) is 0 Å². The van der Waals surface area contributed by atoms with Crippen LogP contribution in [0.15, 0.2) is 6.20 Å². The highest BCUT2D eigenvalue weighted by molar-refractivity contribution is 14.3. The quantitative estimate of drug-likeness (QED) is 0.423. The van der Waals surface area contributed by atoms with Crippen LogP contribution >= 0.6 is 67.8 Å². The number of alkyl halides is 3. The molecule has 0 fully saturated rings. The maximum absolute atomic E-state index is 4.56. The van der Waals surface area contributed by atoms with Gasteiger partial charge in [-0.05, 0) is 80.6 Å². The molecule has 1 aromatic heterocycles. The number of hydrogen-bond acceptors (Lipinski definition) is 2. The van der Waals surface area contributed by atoms with Crippen LogP contribution in [0.4, 0.5) is 0 Å². The molecular formula is C9H11I3N2. The summed E-state index contributed by atoms with van der Waals surface area (Å²) >= 11 is 7.15. The lowest BCUT2D eigenvalue weighted by Gasteiger charge is -2.17. The van der Waals surface area contributed by atoms with Crippen LogP contribution in [0.1, 0.15) is 36.8 Å². The average molecular weight is 528 g/mol. The molecule has 0 aromatic carbocycles. The van der Waals surface area contributed by atoms with Gasteiger partial charge >= 0.3 is 0 Å². The van der Waals surface area contributed by atoms with Crippen molar-refractivity contribution < 1.29 is 0 Å². The van der Waals surface area contributed by atoms with E-state index in [1.807, 2.05) is 13.1 Å². The summed E-state index contributed by atoms with van der Waals surface area (Å²) in [5, 5.41) is 0. The summed E-state index contributed by atoms with van der Waals surface area (Å²) in [6.07, 6.45) is 1.84.